The Balaban J connectivity index is 1.50. The number of nitrogens with one attached hydrogen (secondary N) is 2. The molecule has 1 amide bonds. The number of aromatic nitrogens is 2. The second kappa shape index (κ2) is 10.5. The van der Waals surface area contributed by atoms with Crippen molar-refractivity contribution in [1.82, 2.24) is 15.3 Å². The summed E-state index contributed by atoms with van der Waals surface area (Å²) >= 11 is 0. The smallest absolute Gasteiger partial charge is 0.326 e. The Labute approximate surface area is 211 Å². The molecule has 0 saturated heterocycles. The molecule has 4 aromatic rings. The first-order chi connectivity index (χ1) is 17.6. The molecule has 0 bridgehead atoms. The molecule has 37 heavy (non-hydrogen) atoms. The summed E-state index contributed by atoms with van der Waals surface area (Å²) in [6.45, 7) is 2.28. The molecule has 4 rings (SSSR count). The van der Waals surface area contributed by atoms with Crippen molar-refractivity contribution in [3.63, 3.8) is 0 Å². The molecule has 10 heteroatoms. The number of aliphatic carboxylic acids is 2. The van der Waals surface area contributed by atoms with Crippen molar-refractivity contribution in [3.8, 4) is 0 Å². The molecule has 1 atom stereocenters. The fraction of sp³-hybridized carbons (Fsp3) is 0.222. The number of rotatable bonds is 9. The number of hydrogen-bond donors (Lipinski definition) is 4. The summed E-state index contributed by atoms with van der Waals surface area (Å²) in [5, 5.41) is 22.7. The minimum absolute atomic E-state index is 0.180. The van der Waals surface area contributed by atoms with E-state index in [9.17, 15) is 24.3 Å². The monoisotopic (exact) mass is 502 g/mol. The van der Waals surface area contributed by atoms with Crippen LogP contribution >= 0.6 is 0 Å². The van der Waals surface area contributed by atoms with E-state index < -0.39 is 23.9 Å². The minimum atomic E-state index is -1.29. The summed E-state index contributed by atoms with van der Waals surface area (Å²) in [4.78, 5) is 56.4. The fourth-order valence-corrected chi connectivity index (χ4v) is 4.22. The molecule has 1 heterocycles. The number of aryl methyl sites for hydroxylation is 1. The summed E-state index contributed by atoms with van der Waals surface area (Å²) in [5.74, 6) is -2.46. The van der Waals surface area contributed by atoms with Crippen LogP contribution in [0.15, 0.2) is 59.4 Å². The number of hydrogen-bond acceptors (Lipinski definition) is 6. The Morgan fingerprint density at radius 1 is 1.05 bits per heavy atom. The van der Waals surface area contributed by atoms with E-state index in [0.29, 0.717) is 23.3 Å². The van der Waals surface area contributed by atoms with Gasteiger partial charge in [-0.1, -0.05) is 18.2 Å². The van der Waals surface area contributed by atoms with Gasteiger partial charge in [-0.05, 0) is 66.1 Å². The topological polar surface area (TPSA) is 153 Å². The summed E-state index contributed by atoms with van der Waals surface area (Å²) in [7, 11) is 1.90. The van der Waals surface area contributed by atoms with Crippen molar-refractivity contribution < 1.29 is 24.6 Å². The molecule has 0 aliphatic carbocycles. The molecule has 190 valence electrons. The van der Waals surface area contributed by atoms with E-state index in [1.807, 2.05) is 42.3 Å². The highest BCUT2D eigenvalue weighted by Crippen LogP contribution is 2.24. The van der Waals surface area contributed by atoms with Crippen molar-refractivity contribution in [2.75, 3.05) is 11.9 Å². The Morgan fingerprint density at radius 3 is 2.43 bits per heavy atom. The van der Waals surface area contributed by atoms with Crippen LogP contribution in [0.2, 0.25) is 0 Å². The van der Waals surface area contributed by atoms with Crippen LogP contribution in [0.1, 0.15) is 34.6 Å². The molecule has 0 fully saturated rings. The number of carboxylic acids is 2. The van der Waals surface area contributed by atoms with Gasteiger partial charge in [0, 0.05) is 31.3 Å². The number of H-pyrrole nitrogens is 1. The quantitative estimate of drug-likeness (QED) is 0.255. The number of carbonyl (C=O) groups excluding carboxylic acids is 1. The lowest BCUT2D eigenvalue weighted by molar-refractivity contribution is -0.140. The second-order valence-corrected chi connectivity index (χ2v) is 8.87. The summed E-state index contributed by atoms with van der Waals surface area (Å²) in [6, 6.07) is 15.1. The van der Waals surface area contributed by atoms with E-state index in [1.165, 1.54) is 0 Å². The number of nitrogens with zero attached hydrogens (tertiary/aromatic N) is 2. The number of anilines is 1. The molecule has 0 aliphatic rings. The number of benzene rings is 3. The molecule has 0 saturated carbocycles. The molecule has 0 radical (unpaired) electrons. The van der Waals surface area contributed by atoms with Gasteiger partial charge in [-0.15, -0.1) is 0 Å². The normalized spacial score (nSPS) is 11.8. The van der Waals surface area contributed by atoms with Gasteiger partial charge in [0.1, 0.15) is 11.9 Å². The Kier molecular flexibility index (Phi) is 7.19. The van der Waals surface area contributed by atoms with Crippen LogP contribution in [0.25, 0.3) is 21.7 Å². The molecule has 4 N–H and O–H groups in total. The molecular formula is C27H26N4O6. The summed E-state index contributed by atoms with van der Waals surface area (Å²) in [6.07, 6.45) is -0.574. The van der Waals surface area contributed by atoms with Gasteiger partial charge in [-0.25, -0.2) is 9.78 Å². The standard InChI is InChI=1S/C27H26N4O6/c1-15-28-21-10-7-17-4-3-16(13-20(17)24(21)26(35)29-15)14-31(2)19-8-5-18(6-9-19)25(34)30-22(27(36)37)11-12-23(32)33/h3-10,13,22H,11-12,14H2,1-2H3,(H,30,34)(H,32,33)(H,36,37)(H,28,29,35)/t22-/m0/s1. The van der Waals surface area contributed by atoms with Gasteiger partial charge in [0.25, 0.3) is 11.5 Å². The molecule has 10 nitrogen and oxygen atoms in total. The number of aromatic amines is 1. The highest BCUT2D eigenvalue weighted by Gasteiger charge is 2.21. The van der Waals surface area contributed by atoms with Crippen molar-refractivity contribution in [2.24, 2.45) is 0 Å². The van der Waals surface area contributed by atoms with Crippen molar-refractivity contribution in [1.29, 1.82) is 0 Å². The maximum absolute atomic E-state index is 12.6. The lowest BCUT2D eigenvalue weighted by Gasteiger charge is -2.20. The number of carboxylic acid groups (broad SMARTS) is 2. The zero-order chi connectivity index (χ0) is 26.7. The molecular weight excluding hydrogens is 476 g/mol. The van der Waals surface area contributed by atoms with Crippen molar-refractivity contribution in [2.45, 2.75) is 32.4 Å². The first-order valence-electron chi connectivity index (χ1n) is 11.6. The predicted octanol–water partition coefficient (Wildman–Crippen LogP) is 3.07. The first-order valence-corrected chi connectivity index (χ1v) is 11.6. The maximum atomic E-state index is 12.6. The van der Waals surface area contributed by atoms with Crippen LogP contribution < -0.4 is 15.8 Å². The predicted molar refractivity (Wildman–Crippen MR) is 139 cm³/mol. The lowest BCUT2D eigenvalue weighted by Crippen LogP contribution is -2.41. The van der Waals surface area contributed by atoms with E-state index in [0.717, 1.165) is 22.0 Å². The molecule has 3 aromatic carbocycles. The average molecular weight is 503 g/mol. The number of fused-ring (bicyclic) bond motifs is 3. The summed E-state index contributed by atoms with van der Waals surface area (Å²) < 4.78 is 0. The van der Waals surface area contributed by atoms with E-state index >= 15 is 0 Å². The molecule has 0 unspecified atom stereocenters. The van der Waals surface area contributed by atoms with E-state index in [2.05, 4.69) is 15.3 Å². The Morgan fingerprint density at radius 2 is 1.76 bits per heavy atom. The molecule has 0 aliphatic heterocycles. The molecule has 1 aromatic heterocycles. The van der Waals surface area contributed by atoms with Crippen molar-refractivity contribution >= 4 is 45.2 Å². The van der Waals surface area contributed by atoms with Gasteiger partial charge in [0.15, 0.2) is 0 Å². The molecule has 0 spiro atoms. The van der Waals surface area contributed by atoms with Gasteiger partial charge < -0.3 is 25.4 Å². The summed E-state index contributed by atoms with van der Waals surface area (Å²) in [5.41, 5.74) is 2.53. The van der Waals surface area contributed by atoms with Gasteiger partial charge >= 0.3 is 11.9 Å². The Bertz CT molecular complexity index is 1560. The highest BCUT2D eigenvalue weighted by molar-refractivity contribution is 6.05. The highest BCUT2D eigenvalue weighted by atomic mass is 16.4. The SMILES string of the molecule is Cc1nc2ccc3ccc(CN(C)c4ccc(C(=O)N[C@@H](CCC(=O)O)C(=O)O)cc4)cc3c2c(=O)[nH]1. The van der Waals surface area contributed by atoms with Crippen LogP contribution in [0, 0.1) is 6.92 Å². The maximum Gasteiger partial charge on any atom is 0.326 e. The van der Waals surface area contributed by atoms with Gasteiger partial charge in [0.05, 0.1) is 10.9 Å². The lowest BCUT2D eigenvalue weighted by atomic mass is 10.0. The van der Waals surface area contributed by atoms with E-state index in [1.54, 1.807) is 31.2 Å². The third-order valence-electron chi connectivity index (χ3n) is 6.11. The average Bonchev–Trinajstić information content (AvgIpc) is 2.85. The van der Waals surface area contributed by atoms with Crippen LogP contribution in [-0.2, 0) is 16.1 Å². The van der Waals surface area contributed by atoms with Gasteiger partial charge in [-0.2, -0.15) is 0 Å². The fourth-order valence-electron chi connectivity index (χ4n) is 4.22. The number of amides is 1. The third-order valence-corrected chi connectivity index (χ3v) is 6.11. The van der Waals surface area contributed by atoms with Crippen LogP contribution in [0.3, 0.4) is 0 Å². The van der Waals surface area contributed by atoms with E-state index in [4.69, 9.17) is 5.11 Å². The Hall–Kier alpha value is -4.73. The largest absolute Gasteiger partial charge is 0.481 e. The zero-order valence-corrected chi connectivity index (χ0v) is 20.3. The van der Waals surface area contributed by atoms with Gasteiger partial charge in [0.2, 0.25) is 0 Å². The third kappa shape index (κ3) is 5.75. The van der Waals surface area contributed by atoms with Crippen molar-refractivity contribution in [3.05, 3.63) is 81.9 Å². The second-order valence-electron chi connectivity index (χ2n) is 8.87. The minimum Gasteiger partial charge on any atom is -0.481 e. The number of carbonyl (C=O) groups is 3. The van der Waals surface area contributed by atoms with Crippen LogP contribution in [0.5, 0.6) is 0 Å². The zero-order valence-electron chi connectivity index (χ0n) is 20.3. The first kappa shape index (κ1) is 25.4. The van der Waals surface area contributed by atoms with Crippen LogP contribution in [0.4, 0.5) is 5.69 Å². The van der Waals surface area contributed by atoms with E-state index in [-0.39, 0.29) is 24.0 Å². The van der Waals surface area contributed by atoms with Crippen LogP contribution in [-0.4, -0.2) is 51.1 Å². The van der Waals surface area contributed by atoms with Gasteiger partial charge in [-0.3, -0.25) is 14.4 Å².